The number of rotatable bonds is 4. The lowest BCUT2D eigenvalue weighted by Crippen LogP contribution is -2.29. The quantitative estimate of drug-likeness (QED) is 0.682. The molecule has 0 radical (unpaired) electrons. The molecule has 0 unspecified atom stereocenters. The van der Waals surface area contributed by atoms with E-state index in [1.165, 1.54) is 7.11 Å². The summed E-state index contributed by atoms with van der Waals surface area (Å²) < 4.78 is 35.4. The van der Waals surface area contributed by atoms with Gasteiger partial charge < -0.3 is 4.42 Å². The second kappa shape index (κ2) is 5.45. The van der Waals surface area contributed by atoms with E-state index in [-0.39, 0.29) is 5.76 Å². The minimum atomic E-state index is -4.49. The lowest BCUT2D eigenvalue weighted by Gasteiger charge is -2.18. The van der Waals surface area contributed by atoms with Crippen LogP contribution in [0.5, 0.6) is 0 Å². The maximum absolute atomic E-state index is 12.1. The highest BCUT2D eigenvalue weighted by molar-refractivity contribution is 7.85. The van der Waals surface area contributed by atoms with Gasteiger partial charge in [0.2, 0.25) is 5.09 Å². The summed E-state index contributed by atoms with van der Waals surface area (Å²) in [6, 6.07) is 10.6. The first-order chi connectivity index (χ1) is 9.43. The van der Waals surface area contributed by atoms with Crippen LogP contribution in [0.4, 0.5) is 5.69 Å². The number of carbonyl (C=O) groups is 1. The zero-order valence-corrected chi connectivity index (χ0v) is 11.2. The van der Waals surface area contributed by atoms with Gasteiger partial charge in [0.1, 0.15) is 0 Å². The largest absolute Gasteiger partial charge is 0.437 e. The van der Waals surface area contributed by atoms with Crippen molar-refractivity contribution < 1.29 is 27.0 Å². The Kier molecular flexibility index (Phi) is 3.89. The minimum Gasteiger partial charge on any atom is -0.437 e. The van der Waals surface area contributed by atoms with Gasteiger partial charge in [-0.2, -0.15) is 13.5 Å². The third kappa shape index (κ3) is 2.87. The Balaban J connectivity index is 2.33. The Hall–Kier alpha value is -2.16. The SMILES string of the molecule is CON(C(=O)c1ccc(S(=O)(=O)O)o1)c1ccccc1. The molecule has 0 saturated heterocycles. The van der Waals surface area contributed by atoms with Gasteiger partial charge in [-0.15, -0.1) is 0 Å². The number of nitrogens with zero attached hydrogens (tertiary/aromatic N) is 1. The van der Waals surface area contributed by atoms with Gasteiger partial charge in [-0.05, 0) is 24.3 Å². The molecule has 1 N–H and O–H groups in total. The molecule has 0 saturated carbocycles. The second-order valence-corrected chi connectivity index (χ2v) is 5.06. The van der Waals surface area contributed by atoms with Crippen molar-refractivity contribution in [3.8, 4) is 0 Å². The molecule has 8 heteroatoms. The molecule has 0 aliphatic rings. The van der Waals surface area contributed by atoms with Gasteiger partial charge in [0.15, 0.2) is 5.76 Å². The molecular weight excluding hydrogens is 286 g/mol. The lowest BCUT2D eigenvalue weighted by molar-refractivity contribution is 0.0739. The van der Waals surface area contributed by atoms with Gasteiger partial charge in [-0.3, -0.25) is 14.2 Å². The summed E-state index contributed by atoms with van der Waals surface area (Å²) in [6.45, 7) is 0. The topological polar surface area (TPSA) is 97.0 Å². The van der Waals surface area contributed by atoms with E-state index in [9.17, 15) is 13.2 Å². The third-order valence-electron chi connectivity index (χ3n) is 2.40. The number of para-hydroxylation sites is 1. The van der Waals surface area contributed by atoms with Crippen molar-refractivity contribution >= 4 is 21.7 Å². The Morgan fingerprint density at radius 3 is 2.35 bits per heavy atom. The zero-order chi connectivity index (χ0) is 14.8. The summed E-state index contributed by atoms with van der Waals surface area (Å²) in [7, 11) is -3.20. The summed E-state index contributed by atoms with van der Waals surface area (Å²) in [5, 5.41) is 0.233. The van der Waals surface area contributed by atoms with Gasteiger partial charge in [0.05, 0.1) is 12.8 Å². The van der Waals surface area contributed by atoms with Crippen LogP contribution in [0.2, 0.25) is 0 Å². The van der Waals surface area contributed by atoms with E-state index in [1.807, 2.05) is 0 Å². The summed E-state index contributed by atoms with van der Waals surface area (Å²) in [5.41, 5.74) is 0.449. The Bertz CT molecular complexity index is 707. The van der Waals surface area contributed by atoms with Crippen molar-refractivity contribution in [3.63, 3.8) is 0 Å². The minimum absolute atomic E-state index is 0.275. The molecule has 106 valence electrons. The molecule has 0 aliphatic heterocycles. The fraction of sp³-hybridized carbons (Fsp3) is 0.0833. The van der Waals surface area contributed by atoms with E-state index < -0.39 is 21.1 Å². The lowest BCUT2D eigenvalue weighted by atomic mass is 10.3. The molecule has 2 aromatic rings. The van der Waals surface area contributed by atoms with E-state index in [1.54, 1.807) is 30.3 Å². The molecular formula is C12H11NO6S. The van der Waals surface area contributed by atoms with Crippen LogP contribution in [0.15, 0.2) is 52.0 Å². The number of hydrogen-bond acceptors (Lipinski definition) is 5. The molecule has 0 fully saturated rings. The van der Waals surface area contributed by atoms with Crippen LogP contribution in [-0.4, -0.2) is 26.0 Å². The molecule has 1 aromatic heterocycles. The number of hydroxylamine groups is 1. The Morgan fingerprint density at radius 1 is 1.20 bits per heavy atom. The fourth-order valence-electron chi connectivity index (χ4n) is 1.54. The van der Waals surface area contributed by atoms with Gasteiger partial charge in [0, 0.05) is 0 Å². The second-order valence-electron chi connectivity index (χ2n) is 3.71. The van der Waals surface area contributed by atoms with Crippen LogP contribution in [0.1, 0.15) is 10.6 Å². The molecule has 1 amide bonds. The number of benzene rings is 1. The summed E-state index contributed by atoms with van der Waals surface area (Å²) >= 11 is 0. The first-order valence-electron chi connectivity index (χ1n) is 5.44. The normalized spacial score (nSPS) is 11.3. The van der Waals surface area contributed by atoms with Crippen LogP contribution in [0.25, 0.3) is 0 Å². The highest BCUT2D eigenvalue weighted by Gasteiger charge is 2.24. The summed E-state index contributed by atoms with van der Waals surface area (Å²) in [4.78, 5) is 17.1. The van der Waals surface area contributed by atoms with Crippen molar-refractivity contribution in [2.24, 2.45) is 0 Å². The standard InChI is InChI=1S/C12H11NO6S/c1-18-13(9-5-3-2-4-6-9)12(14)10-7-8-11(19-10)20(15,16)17/h2-8H,1H3,(H,15,16,17). The Labute approximate surface area is 115 Å². The predicted molar refractivity (Wildman–Crippen MR) is 68.8 cm³/mol. The molecule has 0 atom stereocenters. The fourth-order valence-corrected chi connectivity index (χ4v) is 1.98. The van der Waals surface area contributed by atoms with Crippen LogP contribution in [0, 0.1) is 0 Å². The Morgan fingerprint density at radius 2 is 1.85 bits per heavy atom. The molecule has 7 nitrogen and oxygen atoms in total. The zero-order valence-electron chi connectivity index (χ0n) is 10.4. The third-order valence-corrected chi connectivity index (χ3v) is 3.13. The average Bonchev–Trinajstić information content (AvgIpc) is 2.90. The van der Waals surface area contributed by atoms with Gasteiger partial charge in [-0.1, -0.05) is 18.2 Å². The van der Waals surface area contributed by atoms with Gasteiger partial charge in [-0.25, -0.2) is 0 Å². The number of carbonyl (C=O) groups excluding carboxylic acids is 1. The van der Waals surface area contributed by atoms with Crippen molar-refractivity contribution in [1.29, 1.82) is 0 Å². The van der Waals surface area contributed by atoms with Crippen molar-refractivity contribution in [1.82, 2.24) is 0 Å². The molecule has 1 heterocycles. The highest BCUT2D eigenvalue weighted by atomic mass is 32.2. The number of furan rings is 1. The van der Waals surface area contributed by atoms with Crippen molar-refractivity contribution in [3.05, 3.63) is 48.2 Å². The maximum atomic E-state index is 12.1. The molecule has 2 rings (SSSR count). The summed E-state index contributed by atoms with van der Waals surface area (Å²) in [5.74, 6) is -0.975. The van der Waals surface area contributed by atoms with E-state index in [2.05, 4.69) is 0 Å². The highest BCUT2D eigenvalue weighted by Crippen LogP contribution is 2.20. The molecule has 0 aliphatic carbocycles. The monoisotopic (exact) mass is 297 g/mol. The van der Waals surface area contributed by atoms with Crippen LogP contribution in [-0.2, 0) is 15.0 Å². The number of hydrogen-bond donors (Lipinski definition) is 1. The number of anilines is 1. The molecule has 20 heavy (non-hydrogen) atoms. The van der Waals surface area contributed by atoms with Gasteiger partial charge in [0.25, 0.3) is 0 Å². The molecule has 0 spiro atoms. The van der Waals surface area contributed by atoms with E-state index >= 15 is 0 Å². The predicted octanol–water partition coefficient (Wildman–Crippen LogP) is 1.73. The molecule has 1 aromatic carbocycles. The number of amides is 1. The van der Waals surface area contributed by atoms with Crippen molar-refractivity contribution in [2.45, 2.75) is 5.09 Å². The summed E-state index contributed by atoms with van der Waals surface area (Å²) in [6.07, 6.45) is 0. The smallest absolute Gasteiger partial charge is 0.328 e. The van der Waals surface area contributed by atoms with E-state index in [4.69, 9.17) is 13.8 Å². The van der Waals surface area contributed by atoms with Crippen LogP contribution < -0.4 is 5.06 Å². The maximum Gasteiger partial charge on any atom is 0.328 e. The van der Waals surface area contributed by atoms with Crippen LogP contribution >= 0.6 is 0 Å². The van der Waals surface area contributed by atoms with E-state index in [0.717, 1.165) is 17.2 Å². The van der Waals surface area contributed by atoms with Crippen LogP contribution in [0.3, 0.4) is 0 Å². The van der Waals surface area contributed by atoms with Gasteiger partial charge >= 0.3 is 16.0 Å². The van der Waals surface area contributed by atoms with Crippen molar-refractivity contribution in [2.75, 3.05) is 12.2 Å². The first kappa shape index (κ1) is 14.3. The first-order valence-corrected chi connectivity index (χ1v) is 6.88. The average molecular weight is 297 g/mol. The molecule has 0 bridgehead atoms. The van der Waals surface area contributed by atoms with E-state index in [0.29, 0.717) is 5.69 Å².